The zero-order chi connectivity index (χ0) is 21.7. The van der Waals surface area contributed by atoms with E-state index < -0.39 is 0 Å². The van der Waals surface area contributed by atoms with Gasteiger partial charge in [-0.2, -0.15) is 0 Å². The molecule has 2 aromatic heterocycles. The number of thiophene rings is 1. The largest absolute Gasteiger partial charge is 0.307 e. The third-order valence-corrected chi connectivity index (χ3v) is 11.4. The summed E-state index contributed by atoms with van der Waals surface area (Å²) in [6.45, 7) is 2.00. The summed E-state index contributed by atoms with van der Waals surface area (Å²) < 4.78 is 0. The average molecular weight is 481 g/mol. The van der Waals surface area contributed by atoms with E-state index in [2.05, 4.69) is 22.5 Å². The summed E-state index contributed by atoms with van der Waals surface area (Å²) in [5, 5.41) is 3.30. The van der Waals surface area contributed by atoms with Crippen molar-refractivity contribution in [2.24, 2.45) is 29.6 Å². The molecule has 7 atom stereocenters. The molecule has 2 aliphatic heterocycles. The second-order valence-corrected chi connectivity index (χ2v) is 12.5. The zero-order valence-corrected chi connectivity index (χ0v) is 19.6. The summed E-state index contributed by atoms with van der Waals surface area (Å²) >= 11 is 4.77. The van der Waals surface area contributed by atoms with Gasteiger partial charge in [-0.25, -0.2) is 0 Å². The number of thioether (sulfide) groups is 1. The third-order valence-electron chi connectivity index (χ3n) is 7.87. The van der Waals surface area contributed by atoms with E-state index in [9.17, 15) is 14.4 Å². The maximum atomic E-state index is 13.6. The van der Waals surface area contributed by atoms with E-state index >= 15 is 0 Å². The molecule has 0 unspecified atom stereocenters. The van der Waals surface area contributed by atoms with Gasteiger partial charge >= 0.3 is 4.87 Å². The van der Waals surface area contributed by atoms with E-state index in [0.717, 1.165) is 21.9 Å². The van der Waals surface area contributed by atoms with E-state index in [1.54, 1.807) is 23.1 Å². The van der Waals surface area contributed by atoms with Crippen molar-refractivity contribution in [3.8, 4) is 0 Å². The van der Waals surface area contributed by atoms with Crippen molar-refractivity contribution in [1.29, 1.82) is 0 Å². The Morgan fingerprint density at radius 3 is 2.47 bits per heavy atom. The molecule has 0 radical (unpaired) electrons. The number of aromatic amines is 1. The van der Waals surface area contributed by atoms with Gasteiger partial charge in [0.05, 0.1) is 22.5 Å². The van der Waals surface area contributed by atoms with E-state index in [0.29, 0.717) is 5.69 Å². The molecule has 1 saturated heterocycles. The van der Waals surface area contributed by atoms with Gasteiger partial charge in [0.1, 0.15) is 0 Å². The Bertz CT molecular complexity index is 1310. The molecule has 2 aliphatic carbocycles. The molecule has 3 aromatic rings. The van der Waals surface area contributed by atoms with Crippen LogP contribution in [0.5, 0.6) is 0 Å². The first-order chi connectivity index (χ1) is 15.5. The molecule has 162 valence electrons. The highest BCUT2D eigenvalue weighted by molar-refractivity contribution is 8.00. The third kappa shape index (κ3) is 2.43. The molecule has 2 saturated carbocycles. The normalized spacial score (nSPS) is 34.7. The van der Waals surface area contributed by atoms with Gasteiger partial charge in [-0.3, -0.25) is 19.3 Å². The number of hydrogen-bond donors (Lipinski definition) is 1. The molecule has 8 heteroatoms. The summed E-state index contributed by atoms with van der Waals surface area (Å²) in [5.41, 5.74) is 1.79. The van der Waals surface area contributed by atoms with Gasteiger partial charge in [0.25, 0.3) is 0 Å². The van der Waals surface area contributed by atoms with E-state index in [4.69, 9.17) is 0 Å². The Hall–Kier alpha value is -2.16. The minimum atomic E-state index is -0.240. The van der Waals surface area contributed by atoms with Gasteiger partial charge < -0.3 is 4.98 Å². The predicted molar refractivity (Wildman–Crippen MR) is 126 cm³/mol. The lowest BCUT2D eigenvalue weighted by molar-refractivity contribution is -0.123. The van der Waals surface area contributed by atoms with Crippen molar-refractivity contribution in [1.82, 2.24) is 4.98 Å². The van der Waals surface area contributed by atoms with Crippen molar-refractivity contribution < 1.29 is 9.59 Å². The first-order valence-electron chi connectivity index (χ1n) is 10.9. The van der Waals surface area contributed by atoms with Gasteiger partial charge in [-0.15, -0.1) is 23.1 Å². The Morgan fingerprint density at radius 2 is 1.75 bits per heavy atom. The van der Waals surface area contributed by atoms with Crippen molar-refractivity contribution in [2.45, 2.75) is 29.5 Å². The SMILES string of the molecule is Cc1ccc(N2C(=O)[C@@H]3[C@H]4C[C@H]([C@H]5Sc6[nH]c(=O)sc6[C@@H](c6cccs6)[C@H]45)[C@@H]3C2=O)cc1. The number of imide groups is 1. The van der Waals surface area contributed by atoms with Crippen molar-refractivity contribution in [3.63, 3.8) is 0 Å². The molecular weight excluding hydrogens is 460 g/mol. The minimum Gasteiger partial charge on any atom is -0.307 e. The monoisotopic (exact) mass is 480 g/mol. The molecule has 4 aliphatic rings. The number of aryl methyl sites for hydroxylation is 1. The number of rotatable bonds is 2. The zero-order valence-electron chi connectivity index (χ0n) is 17.2. The lowest BCUT2D eigenvalue weighted by Crippen LogP contribution is -2.42. The summed E-state index contributed by atoms with van der Waals surface area (Å²) in [4.78, 5) is 46.3. The van der Waals surface area contributed by atoms with Crippen LogP contribution in [0.25, 0.3) is 0 Å². The maximum absolute atomic E-state index is 13.6. The van der Waals surface area contributed by atoms with Crippen LogP contribution in [-0.4, -0.2) is 22.0 Å². The van der Waals surface area contributed by atoms with Gasteiger partial charge in [0.2, 0.25) is 11.8 Å². The molecule has 4 heterocycles. The van der Waals surface area contributed by atoms with Gasteiger partial charge in [-0.1, -0.05) is 35.1 Å². The number of carbonyl (C=O) groups is 2. The van der Waals surface area contributed by atoms with Gasteiger partial charge in [-0.05, 0) is 54.7 Å². The number of carbonyl (C=O) groups excluding carboxylic acids is 2. The van der Waals surface area contributed by atoms with Crippen LogP contribution in [0.3, 0.4) is 0 Å². The van der Waals surface area contributed by atoms with Crippen LogP contribution in [-0.2, 0) is 9.59 Å². The fraction of sp³-hybridized carbons (Fsp3) is 0.375. The second kappa shape index (κ2) is 6.68. The van der Waals surface area contributed by atoms with Crippen LogP contribution in [0, 0.1) is 36.5 Å². The molecule has 5 nitrogen and oxygen atoms in total. The first kappa shape index (κ1) is 19.3. The Morgan fingerprint density at radius 1 is 1.00 bits per heavy atom. The number of amides is 2. The van der Waals surface area contributed by atoms with Gasteiger partial charge in [0, 0.05) is 20.9 Å². The van der Waals surface area contributed by atoms with E-state index in [1.807, 2.05) is 31.2 Å². The van der Waals surface area contributed by atoms with Crippen LogP contribution in [0.4, 0.5) is 5.69 Å². The van der Waals surface area contributed by atoms with Crippen LogP contribution < -0.4 is 9.77 Å². The fourth-order valence-corrected chi connectivity index (χ4v) is 10.6. The summed E-state index contributed by atoms with van der Waals surface area (Å²) in [6.07, 6.45) is 0.929. The number of nitrogens with zero attached hydrogens (tertiary/aromatic N) is 1. The van der Waals surface area contributed by atoms with E-state index in [1.165, 1.54) is 21.1 Å². The molecular formula is C24H20N2O3S3. The van der Waals surface area contributed by atoms with Crippen LogP contribution in [0.1, 0.15) is 27.7 Å². The Kier molecular flexibility index (Phi) is 4.03. The predicted octanol–water partition coefficient (Wildman–Crippen LogP) is 4.48. The number of fused-ring (bicyclic) bond motifs is 9. The van der Waals surface area contributed by atoms with E-state index in [-0.39, 0.29) is 57.4 Å². The van der Waals surface area contributed by atoms with Crippen LogP contribution in [0.15, 0.2) is 51.6 Å². The number of H-pyrrole nitrogens is 1. The number of anilines is 1. The number of thiazole rings is 1. The lowest BCUT2D eigenvalue weighted by atomic mass is 9.69. The molecule has 0 spiro atoms. The highest BCUT2D eigenvalue weighted by atomic mass is 32.2. The highest BCUT2D eigenvalue weighted by Crippen LogP contribution is 2.68. The lowest BCUT2D eigenvalue weighted by Gasteiger charge is -2.42. The average Bonchev–Trinajstić information content (AvgIpc) is 3.57. The molecule has 1 N–H and O–H groups in total. The quantitative estimate of drug-likeness (QED) is 0.549. The summed E-state index contributed by atoms with van der Waals surface area (Å²) in [5.74, 6) is 0.211. The van der Waals surface area contributed by atoms with Crippen LogP contribution >= 0.6 is 34.4 Å². The van der Waals surface area contributed by atoms with Crippen LogP contribution in [0.2, 0.25) is 0 Å². The minimum absolute atomic E-state index is 0.0192. The number of aromatic nitrogens is 1. The highest BCUT2D eigenvalue weighted by Gasteiger charge is 2.69. The maximum Gasteiger partial charge on any atom is 0.305 e. The Labute approximate surface area is 196 Å². The first-order valence-corrected chi connectivity index (χ1v) is 13.5. The van der Waals surface area contributed by atoms with Crippen molar-refractivity contribution >= 4 is 51.9 Å². The topological polar surface area (TPSA) is 70.2 Å². The van der Waals surface area contributed by atoms with Crippen molar-refractivity contribution in [2.75, 3.05) is 4.90 Å². The van der Waals surface area contributed by atoms with Crippen molar-refractivity contribution in [3.05, 3.63) is 66.8 Å². The number of nitrogens with one attached hydrogen (secondary N) is 1. The molecule has 2 amide bonds. The molecule has 1 aromatic carbocycles. The molecule has 32 heavy (non-hydrogen) atoms. The summed E-state index contributed by atoms with van der Waals surface area (Å²) in [7, 11) is 0. The molecule has 7 rings (SSSR count). The smallest absolute Gasteiger partial charge is 0.305 e. The second-order valence-electron chi connectivity index (χ2n) is 9.32. The molecule has 2 bridgehead atoms. The molecule has 3 fully saturated rings. The standard InChI is InChI=1S/C24H20N2O3S3/c1-10-4-6-11(7-5-10)26-22(27)16-12-9-13(17(16)23(26)28)19-15(12)18(14-3-2-8-30-14)20-21(31-19)25-24(29)32-20/h2-8,12-13,15-19H,9H2,1H3,(H,25,29)/t12-,13-,15-,16+,17-,18-,19+/m0/s1. The summed E-state index contributed by atoms with van der Waals surface area (Å²) in [6, 6.07) is 11.9. The number of hydrogen-bond acceptors (Lipinski definition) is 6. The Balaban J connectivity index is 1.32. The fourth-order valence-electron chi connectivity index (χ4n) is 6.75. The number of benzene rings is 1. The van der Waals surface area contributed by atoms with Gasteiger partial charge in [0.15, 0.2) is 0 Å².